The highest BCUT2D eigenvalue weighted by molar-refractivity contribution is 5.85. The van der Waals surface area contributed by atoms with Crippen LogP contribution in [-0.2, 0) is 9.59 Å². The Morgan fingerprint density at radius 3 is 2.04 bits per heavy atom. The second-order valence-electron chi connectivity index (χ2n) is 8.97. The summed E-state index contributed by atoms with van der Waals surface area (Å²) in [6.45, 7) is 11.4. The highest BCUT2D eigenvalue weighted by Crippen LogP contribution is 2.23. The number of carbonyl (C=O) groups excluding carboxylic acids is 2. The third-order valence-electron chi connectivity index (χ3n) is 5.63. The van der Waals surface area contributed by atoms with E-state index in [1.807, 2.05) is 25.7 Å². The molecule has 0 radical (unpaired) electrons. The first kappa shape index (κ1) is 26.4. The molecule has 0 bridgehead atoms. The van der Waals surface area contributed by atoms with Crippen molar-refractivity contribution < 1.29 is 9.59 Å². The van der Waals surface area contributed by atoms with Gasteiger partial charge in [-0.3, -0.25) is 14.5 Å². The number of amides is 2. The van der Waals surface area contributed by atoms with Crippen molar-refractivity contribution in [2.24, 2.45) is 17.1 Å². The van der Waals surface area contributed by atoms with Crippen molar-refractivity contribution in [2.75, 3.05) is 32.7 Å². The van der Waals surface area contributed by atoms with Crippen LogP contribution in [0.5, 0.6) is 0 Å². The molecule has 8 heteroatoms. The van der Waals surface area contributed by atoms with Gasteiger partial charge in [-0.25, -0.2) is 0 Å². The summed E-state index contributed by atoms with van der Waals surface area (Å²) in [5, 5.41) is 3.18. The minimum absolute atomic E-state index is 0. The van der Waals surface area contributed by atoms with Crippen LogP contribution in [0.25, 0.3) is 0 Å². The summed E-state index contributed by atoms with van der Waals surface area (Å²) < 4.78 is 0. The fraction of sp³-hybridized carbons (Fsp3) is 0.895. The number of nitrogens with two attached hydrogens (primary N) is 1. The van der Waals surface area contributed by atoms with E-state index in [9.17, 15) is 9.59 Å². The highest BCUT2D eigenvalue weighted by Gasteiger charge is 2.32. The molecule has 0 aromatic heterocycles. The predicted octanol–water partition coefficient (Wildman–Crippen LogP) is 2.04. The molecule has 0 unspecified atom stereocenters. The van der Waals surface area contributed by atoms with Crippen molar-refractivity contribution in [1.82, 2.24) is 15.1 Å². The van der Waals surface area contributed by atoms with E-state index >= 15 is 0 Å². The molecule has 3 N–H and O–H groups in total. The Balaban J connectivity index is 0.00000338. The van der Waals surface area contributed by atoms with Gasteiger partial charge in [0.05, 0.1) is 12.6 Å². The lowest BCUT2D eigenvalue weighted by molar-refractivity contribution is -0.137. The fourth-order valence-corrected chi connectivity index (χ4v) is 3.57. The van der Waals surface area contributed by atoms with Gasteiger partial charge in [-0.15, -0.1) is 24.8 Å². The second kappa shape index (κ2) is 11.4. The maximum Gasteiger partial charge on any atom is 0.240 e. The van der Waals surface area contributed by atoms with Crippen LogP contribution >= 0.6 is 24.8 Å². The average molecular weight is 425 g/mol. The zero-order chi connectivity index (χ0) is 18.6. The van der Waals surface area contributed by atoms with E-state index < -0.39 is 6.04 Å². The number of rotatable bonds is 4. The molecular weight excluding hydrogens is 387 g/mol. The minimum atomic E-state index is -0.476. The topological polar surface area (TPSA) is 78.7 Å². The van der Waals surface area contributed by atoms with Crippen molar-refractivity contribution in [1.29, 1.82) is 0 Å². The van der Waals surface area contributed by atoms with E-state index in [1.54, 1.807) is 0 Å². The largest absolute Gasteiger partial charge is 0.352 e. The lowest BCUT2D eigenvalue weighted by Crippen LogP contribution is -2.57. The molecule has 6 nitrogen and oxygen atoms in total. The van der Waals surface area contributed by atoms with E-state index in [2.05, 4.69) is 17.1 Å². The summed E-state index contributed by atoms with van der Waals surface area (Å²) >= 11 is 0. The van der Waals surface area contributed by atoms with E-state index in [-0.39, 0.29) is 42.0 Å². The molecule has 0 spiro atoms. The molecule has 1 aliphatic carbocycles. The van der Waals surface area contributed by atoms with Crippen LogP contribution in [0.15, 0.2) is 0 Å². The molecule has 1 aliphatic heterocycles. The van der Waals surface area contributed by atoms with Crippen LogP contribution in [0.1, 0.15) is 53.4 Å². The summed E-state index contributed by atoms with van der Waals surface area (Å²) in [4.78, 5) is 28.7. The van der Waals surface area contributed by atoms with Gasteiger partial charge in [-0.1, -0.05) is 27.7 Å². The first-order valence-electron chi connectivity index (χ1n) is 9.73. The molecule has 1 atom stereocenters. The number of nitrogens with zero attached hydrogens (tertiary/aromatic N) is 2. The van der Waals surface area contributed by atoms with Crippen LogP contribution in [0, 0.1) is 11.3 Å². The van der Waals surface area contributed by atoms with Crippen LogP contribution in [0.2, 0.25) is 0 Å². The normalized spacial score (nSPS) is 25.0. The Labute approximate surface area is 176 Å². The monoisotopic (exact) mass is 424 g/mol. The zero-order valence-electron chi connectivity index (χ0n) is 17.2. The van der Waals surface area contributed by atoms with E-state index in [0.717, 1.165) is 31.8 Å². The fourth-order valence-electron chi connectivity index (χ4n) is 3.57. The zero-order valence-corrected chi connectivity index (χ0v) is 18.8. The van der Waals surface area contributed by atoms with Gasteiger partial charge in [-0.2, -0.15) is 0 Å². The van der Waals surface area contributed by atoms with Crippen molar-refractivity contribution >= 4 is 36.6 Å². The smallest absolute Gasteiger partial charge is 0.240 e. The van der Waals surface area contributed by atoms with E-state index in [0.29, 0.717) is 25.7 Å². The Morgan fingerprint density at radius 1 is 1.04 bits per heavy atom. The van der Waals surface area contributed by atoms with Crippen molar-refractivity contribution in [3.8, 4) is 0 Å². The third kappa shape index (κ3) is 8.14. The lowest BCUT2D eigenvalue weighted by atomic mass is 9.86. The Hall–Kier alpha value is -0.560. The summed E-state index contributed by atoms with van der Waals surface area (Å²) in [6.07, 6.45) is 4.61. The van der Waals surface area contributed by atoms with Crippen LogP contribution in [0.4, 0.5) is 0 Å². The predicted molar refractivity (Wildman–Crippen MR) is 115 cm³/mol. The van der Waals surface area contributed by atoms with Gasteiger partial charge >= 0.3 is 0 Å². The Bertz CT molecular complexity index is 469. The maximum atomic E-state index is 12.5. The van der Waals surface area contributed by atoms with Crippen LogP contribution in [0.3, 0.4) is 0 Å². The van der Waals surface area contributed by atoms with Crippen molar-refractivity contribution in [2.45, 2.75) is 65.5 Å². The molecule has 27 heavy (non-hydrogen) atoms. The van der Waals surface area contributed by atoms with Gasteiger partial charge in [0.1, 0.15) is 0 Å². The SMILES string of the molecule is CC1CCC(NC(=O)CN2CCN(C(=O)[C@@H](N)C(C)(C)C)CC2)CC1.Cl.Cl. The molecule has 2 fully saturated rings. The maximum absolute atomic E-state index is 12.5. The van der Waals surface area contributed by atoms with Crippen LogP contribution in [-0.4, -0.2) is 66.4 Å². The summed E-state index contributed by atoms with van der Waals surface area (Å²) in [5.74, 6) is 0.928. The van der Waals surface area contributed by atoms with Gasteiger partial charge < -0.3 is 16.0 Å². The standard InChI is InChI=1S/C19H36N4O2.2ClH/c1-14-5-7-15(8-6-14)21-16(24)13-22-9-11-23(12-10-22)18(25)17(20)19(2,3)4;;/h14-15,17H,5-13,20H2,1-4H3,(H,21,24);2*1H/t14?,15?,17-;;/m1../s1. The number of carbonyl (C=O) groups is 2. The van der Waals surface area contributed by atoms with Crippen molar-refractivity contribution in [3.05, 3.63) is 0 Å². The number of nitrogens with one attached hydrogen (secondary N) is 1. The quantitative estimate of drug-likeness (QED) is 0.723. The molecular formula is C19H38Cl2N4O2. The average Bonchev–Trinajstić information content (AvgIpc) is 2.55. The summed E-state index contributed by atoms with van der Waals surface area (Å²) in [5.41, 5.74) is 5.85. The molecule has 0 aromatic rings. The van der Waals surface area contributed by atoms with Gasteiger partial charge in [0, 0.05) is 32.2 Å². The van der Waals surface area contributed by atoms with E-state index in [4.69, 9.17) is 5.73 Å². The third-order valence-corrected chi connectivity index (χ3v) is 5.63. The molecule has 1 saturated carbocycles. The Kier molecular flexibility index (Phi) is 11.2. The van der Waals surface area contributed by atoms with Crippen molar-refractivity contribution in [3.63, 3.8) is 0 Å². The highest BCUT2D eigenvalue weighted by atomic mass is 35.5. The molecule has 2 aliphatic rings. The number of hydrogen-bond donors (Lipinski definition) is 2. The lowest BCUT2D eigenvalue weighted by Gasteiger charge is -2.38. The van der Waals surface area contributed by atoms with Gasteiger partial charge in [0.2, 0.25) is 11.8 Å². The first-order valence-corrected chi connectivity index (χ1v) is 9.73. The number of hydrogen-bond acceptors (Lipinski definition) is 4. The van der Waals surface area contributed by atoms with Gasteiger partial charge in [0.15, 0.2) is 0 Å². The van der Waals surface area contributed by atoms with E-state index in [1.165, 1.54) is 12.8 Å². The molecule has 2 amide bonds. The minimum Gasteiger partial charge on any atom is -0.352 e. The molecule has 1 heterocycles. The first-order chi connectivity index (χ1) is 11.7. The molecule has 160 valence electrons. The van der Waals surface area contributed by atoms with Gasteiger partial charge in [0.25, 0.3) is 0 Å². The van der Waals surface area contributed by atoms with Gasteiger partial charge in [-0.05, 0) is 37.0 Å². The summed E-state index contributed by atoms with van der Waals surface area (Å²) in [7, 11) is 0. The number of piperazine rings is 1. The molecule has 0 aromatic carbocycles. The number of halogens is 2. The second-order valence-corrected chi connectivity index (χ2v) is 8.97. The summed E-state index contributed by atoms with van der Waals surface area (Å²) in [6, 6.07) is -0.132. The van der Waals surface area contributed by atoms with Crippen LogP contribution < -0.4 is 11.1 Å². The Morgan fingerprint density at radius 2 is 1.56 bits per heavy atom. The molecule has 1 saturated heterocycles. The molecule has 2 rings (SSSR count).